The van der Waals surface area contributed by atoms with Gasteiger partial charge in [-0.2, -0.15) is 0 Å². The third-order valence-electron chi connectivity index (χ3n) is 3.55. The van der Waals surface area contributed by atoms with Gasteiger partial charge in [0.2, 0.25) is 0 Å². The van der Waals surface area contributed by atoms with Crippen LogP contribution in [0, 0.1) is 10.1 Å². The van der Waals surface area contributed by atoms with Gasteiger partial charge in [-0.3, -0.25) is 15.4 Å². The highest BCUT2D eigenvalue weighted by molar-refractivity contribution is 5.40. The molecular weight excluding hydrogens is 276 g/mol. The average molecular weight is 296 g/mol. The molecule has 1 aromatic carbocycles. The van der Waals surface area contributed by atoms with E-state index in [4.69, 9.17) is 14.2 Å². The van der Waals surface area contributed by atoms with Crippen molar-refractivity contribution in [2.75, 3.05) is 20.8 Å². The summed E-state index contributed by atoms with van der Waals surface area (Å²) in [6, 6.07) is 4.77. The van der Waals surface area contributed by atoms with E-state index in [-0.39, 0.29) is 4.92 Å². The molecule has 0 saturated carbocycles. The van der Waals surface area contributed by atoms with Crippen molar-refractivity contribution in [3.8, 4) is 11.5 Å². The zero-order chi connectivity index (χ0) is 15.2. The van der Waals surface area contributed by atoms with E-state index in [2.05, 4.69) is 5.32 Å². The smallest absolute Gasteiger partial charge is 0.252 e. The molecule has 1 saturated heterocycles. The summed E-state index contributed by atoms with van der Waals surface area (Å²) in [5.41, 5.74) is 0.898. The fourth-order valence-corrected chi connectivity index (χ4v) is 2.38. The Morgan fingerprint density at radius 3 is 2.90 bits per heavy atom. The number of nitrogens with one attached hydrogen (secondary N) is 1. The summed E-state index contributed by atoms with van der Waals surface area (Å²) in [5.74, 6) is 1.38. The van der Waals surface area contributed by atoms with Crippen LogP contribution in [-0.2, 0) is 11.3 Å². The number of methoxy groups -OCH3 is 2. The first-order valence-electron chi connectivity index (χ1n) is 6.85. The molecule has 1 aliphatic rings. The van der Waals surface area contributed by atoms with Crippen LogP contribution in [0.15, 0.2) is 18.2 Å². The maximum Gasteiger partial charge on any atom is 0.252 e. The molecule has 2 rings (SSSR count). The second-order valence-electron chi connectivity index (χ2n) is 4.84. The predicted octanol–water partition coefficient (Wildman–Crippen LogP) is 1.58. The first-order chi connectivity index (χ1) is 10.2. The van der Waals surface area contributed by atoms with Crippen LogP contribution in [0.4, 0.5) is 0 Å². The van der Waals surface area contributed by atoms with Crippen molar-refractivity contribution in [2.24, 2.45) is 0 Å². The quantitative estimate of drug-likeness (QED) is 0.634. The molecule has 1 N–H and O–H groups in total. The molecule has 1 heterocycles. The fraction of sp³-hybridized carbons (Fsp3) is 0.571. The van der Waals surface area contributed by atoms with Gasteiger partial charge in [0.25, 0.3) is 6.04 Å². The van der Waals surface area contributed by atoms with Crippen molar-refractivity contribution >= 4 is 0 Å². The second-order valence-corrected chi connectivity index (χ2v) is 4.84. The lowest BCUT2D eigenvalue weighted by molar-refractivity contribution is -0.542. The topological polar surface area (TPSA) is 82.9 Å². The minimum Gasteiger partial charge on any atom is -0.497 e. The van der Waals surface area contributed by atoms with Crippen molar-refractivity contribution in [2.45, 2.75) is 31.7 Å². The van der Waals surface area contributed by atoms with Crippen molar-refractivity contribution in [1.29, 1.82) is 0 Å². The highest BCUT2D eigenvalue weighted by atomic mass is 16.6. The molecule has 1 fully saturated rings. The molecule has 21 heavy (non-hydrogen) atoms. The fourth-order valence-electron chi connectivity index (χ4n) is 2.38. The Morgan fingerprint density at radius 2 is 2.24 bits per heavy atom. The number of hydrogen-bond acceptors (Lipinski definition) is 6. The maximum absolute atomic E-state index is 11.0. The van der Waals surface area contributed by atoms with Crippen LogP contribution in [0.3, 0.4) is 0 Å². The number of hydrogen-bond donors (Lipinski definition) is 1. The molecule has 116 valence electrons. The van der Waals surface area contributed by atoms with Gasteiger partial charge in [-0.25, -0.2) is 0 Å². The van der Waals surface area contributed by atoms with Gasteiger partial charge in [0.05, 0.1) is 14.2 Å². The Hall–Kier alpha value is -1.86. The number of nitro groups is 1. The molecule has 0 aromatic heterocycles. The molecule has 7 heteroatoms. The summed E-state index contributed by atoms with van der Waals surface area (Å²) < 4.78 is 15.9. The molecule has 2 atom stereocenters. The third-order valence-corrected chi connectivity index (χ3v) is 3.55. The van der Waals surface area contributed by atoms with Gasteiger partial charge in [0.1, 0.15) is 11.5 Å². The lowest BCUT2D eigenvalue weighted by atomic mass is 10.1. The summed E-state index contributed by atoms with van der Waals surface area (Å²) in [6.45, 7) is 0.976. The maximum atomic E-state index is 11.0. The zero-order valence-corrected chi connectivity index (χ0v) is 12.2. The molecule has 2 unspecified atom stereocenters. The van der Waals surface area contributed by atoms with Gasteiger partial charge in [0, 0.05) is 36.1 Å². The molecule has 0 aliphatic carbocycles. The third kappa shape index (κ3) is 3.83. The molecule has 0 bridgehead atoms. The predicted molar refractivity (Wildman–Crippen MR) is 76.1 cm³/mol. The highest BCUT2D eigenvalue weighted by Gasteiger charge is 2.34. The Labute approximate surface area is 123 Å². The number of rotatable bonds is 6. The van der Waals surface area contributed by atoms with E-state index in [9.17, 15) is 10.1 Å². The van der Waals surface area contributed by atoms with Crippen LogP contribution >= 0.6 is 0 Å². The first kappa shape index (κ1) is 15.5. The Bertz CT molecular complexity index is 494. The first-order valence-corrected chi connectivity index (χ1v) is 6.85. The van der Waals surface area contributed by atoms with Crippen LogP contribution in [0.25, 0.3) is 0 Å². The molecule has 0 radical (unpaired) electrons. The van der Waals surface area contributed by atoms with Gasteiger partial charge in [0.15, 0.2) is 6.23 Å². The van der Waals surface area contributed by atoms with Crippen molar-refractivity contribution in [3.63, 3.8) is 0 Å². The summed E-state index contributed by atoms with van der Waals surface area (Å²) in [5, 5.41) is 14.1. The van der Waals surface area contributed by atoms with Gasteiger partial charge < -0.3 is 14.2 Å². The monoisotopic (exact) mass is 296 g/mol. The summed E-state index contributed by atoms with van der Waals surface area (Å²) >= 11 is 0. The number of benzene rings is 1. The molecule has 7 nitrogen and oxygen atoms in total. The van der Waals surface area contributed by atoms with Crippen LogP contribution in [-0.4, -0.2) is 38.0 Å². The van der Waals surface area contributed by atoms with E-state index in [1.54, 1.807) is 20.3 Å². The van der Waals surface area contributed by atoms with E-state index >= 15 is 0 Å². The number of nitrogens with zero attached hydrogens (tertiary/aromatic N) is 1. The molecule has 1 aliphatic heterocycles. The Morgan fingerprint density at radius 1 is 1.43 bits per heavy atom. The second kappa shape index (κ2) is 7.24. The number of ether oxygens (including phenoxy) is 3. The van der Waals surface area contributed by atoms with Gasteiger partial charge in [-0.05, 0) is 12.5 Å². The Balaban J connectivity index is 2.03. The van der Waals surface area contributed by atoms with Crippen LogP contribution < -0.4 is 14.8 Å². The van der Waals surface area contributed by atoms with Crippen LogP contribution in [0.2, 0.25) is 0 Å². The van der Waals surface area contributed by atoms with E-state index < -0.39 is 12.3 Å². The lowest BCUT2D eigenvalue weighted by Crippen LogP contribution is -2.48. The van der Waals surface area contributed by atoms with Crippen molar-refractivity contribution in [3.05, 3.63) is 33.9 Å². The largest absolute Gasteiger partial charge is 0.497 e. The molecular formula is C14H20N2O5. The molecule has 0 spiro atoms. The summed E-state index contributed by atoms with van der Waals surface area (Å²) in [6.07, 6.45) is 0.681. The van der Waals surface area contributed by atoms with Crippen molar-refractivity contribution < 1.29 is 19.1 Å². The van der Waals surface area contributed by atoms with E-state index in [0.29, 0.717) is 31.1 Å². The van der Waals surface area contributed by atoms with Crippen molar-refractivity contribution in [1.82, 2.24) is 5.32 Å². The van der Waals surface area contributed by atoms with Gasteiger partial charge in [-0.15, -0.1) is 0 Å². The van der Waals surface area contributed by atoms with Gasteiger partial charge >= 0.3 is 0 Å². The van der Waals surface area contributed by atoms with Crippen LogP contribution in [0.5, 0.6) is 11.5 Å². The highest BCUT2D eigenvalue weighted by Crippen LogP contribution is 2.25. The van der Waals surface area contributed by atoms with E-state index in [1.807, 2.05) is 12.1 Å². The minimum absolute atomic E-state index is 0.276. The average Bonchev–Trinajstić information content (AvgIpc) is 2.52. The normalized spacial score (nSPS) is 21.8. The summed E-state index contributed by atoms with van der Waals surface area (Å²) in [4.78, 5) is 10.8. The summed E-state index contributed by atoms with van der Waals surface area (Å²) in [7, 11) is 3.17. The zero-order valence-electron chi connectivity index (χ0n) is 12.2. The SMILES string of the molecule is COc1ccc(CNC2OCCCC2[N+](=O)[O-])c(OC)c1. The van der Waals surface area contributed by atoms with Crippen LogP contribution in [0.1, 0.15) is 18.4 Å². The lowest BCUT2D eigenvalue weighted by Gasteiger charge is -2.26. The molecule has 0 amide bonds. The standard InChI is InChI=1S/C14H20N2O5/c1-19-11-6-5-10(13(8-11)20-2)9-15-14-12(16(17)18)4-3-7-21-14/h5-6,8,12,14-15H,3-4,7,9H2,1-2H3. The minimum atomic E-state index is -0.706. The van der Waals surface area contributed by atoms with Gasteiger partial charge in [-0.1, -0.05) is 6.07 Å². The van der Waals surface area contributed by atoms with E-state index in [0.717, 1.165) is 12.0 Å². The Kier molecular flexibility index (Phi) is 5.35. The molecule has 1 aromatic rings. The van der Waals surface area contributed by atoms with E-state index in [1.165, 1.54) is 0 Å².